The van der Waals surface area contributed by atoms with E-state index in [0.29, 0.717) is 17.3 Å². The SMILES string of the molecule is CC(C)n1nccc1NC(=O)COc1ccc(N(C)S(=O)(=O)c2cccs2)cc1. The van der Waals surface area contributed by atoms with E-state index in [9.17, 15) is 13.2 Å². The van der Waals surface area contributed by atoms with Gasteiger partial charge in [0.05, 0.1) is 11.9 Å². The Labute approximate surface area is 173 Å². The maximum atomic E-state index is 12.6. The Morgan fingerprint density at radius 1 is 1.24 bits per heavy atom. The number of hydrogen-bond acceptors (Lipinski definition) is 6. The Hall–Kier alpha value is -2.85. The van der Waals surface area contributed by atoms with Crippen LogP contribution in [0.15, 0.2) is 58.3 Å². The molecule has 2 heterocycles. The second-order valence-corrected chi connectivity index (χ2v) is 9.63. The molecule has 0 bridgehead atoms. The number of hydrogen-bond donors (Lipinski definition) is 1. The minimum Gasteiger partial charge on any atom is -0.484 e. The molecular weight excluding hydrogens is 412 g/mol. The van der Waals surface area contributed by atoms with Crippen molar-refractivity contribution < 1.29 is 17.9 Å². The number of benzene rings is 1. The molecule has 0 aliphatic heterocycles. The summed E-state index contributed by atoms with van der Waals surface area (Å²) < 4.78 is 33.8. The van der Waals surface area contributed by atoms with Crippen LogP contribution in [0.5, 0.6) is 5.75 Å². The molecule has 2 aromatic heterocycles. The van der Waals surface area contributed by atoms with Crippen LogP contribution in [-0.4, -0.2) is 37.8 Å². The number of carbonyl (C=O) groups excluding carboxylic acids is 1. The van der Waals surface area contributed by atoms with Gasteiger partial charge in [0.15, 0.2) is 6.61 Å². The van der Waals surface area contributed by atoms with Gasteiger partial charge in [-0.15, -0.1) is 11.3 Å². The molecule has 0 atom stereocenters. The van der Waals surface area contributed by atoms with E-state index in [2.05, 4.69) is 10.4 Å². The van der Waals surface area contributed by atoms with Crippen LogP contribution in [0.3, 0.4) is 0 Å². The molecule has 0 saturated heterocycles. The van der Waals surface area contributed by atoms with Crippen molar-refractivity contribution in [2.75, 3.05) is 23.3 Å². The molecule has 0 aliphatic rings. The fraction of sp³-hybridized carbons (Fsp3) is 0.263. The smallest absolute Gasteiger partial charge is 0.273 e. The van der Waals surface area contributed by atoms with Crippen molar-refractivity contribution in [3.63, 3.8) is 0 Å². The normalized spacial score (nSPS) is 11.4. The number of nitrogens with one attached hydrogen (secondary N) is 1. The molecule has 0 spiro atoms. The van der Waals surface area contributed by atoms with E-state index in [1.165, 1.54) is 22.7 Å². The lowest BCUT2D eigenvalue weighted by Gasteiger charge is -2.18. The van der Waals surface area contributed by atoms with Crippen LogP contribution >= 0.6 is 11.3 Å². The number of nitrogens with zero attached hydrogens (tertiary/aromatic N) is 3. The number of anilines is 2. The van der Waals surface area contributed by atoms with Crippen molar-refractivity contribution in [2.45, 2.75) is 24.1 Å². The summed E-state index contributed by atoms with van der Waals surface area (Å²) in [5.41, 5.74) is 0.496. The molecule has 8 nitrogen and oxygen atoms in total. The summed E-state index contributed by atoms with van der Waals surface area (Å²) in [6.45, 7) is 3.76. The zero-order valence-electron chi connectivity index (χ0n) is 16.3. The monoisotopic (exact) mass is 434 g/mol. The van der Waals surface area contributed by atoms with Crippen LogP contribution in [0.4, 0.5) is 11.5 Å². The maximum absolute atomic E-state index is 12.6. The standard InChI is InChI=1S/C19H22N4O4S2/c1-14(2)23-17(10-11-20-23)21-18(24)13-27-16-8-6-15(7-9-16)22(3)29(25,26)19-5-4-12-28-19/h4-12,14H,13H2,1-3H3,(H,21,24). The molecule has 0 aliphatic carbocycles. The molecule has 0 saturated carbocycles. The molecule has 3 rings (SSSR count). The first kappa shape index (κ1) is 20.9. The van der Waals surface area contributed by atoms with Gasteiger partial charge in [0.2, 0.25) is 0 Å². The van der Waals surface area contributed by atoms with Gasteiger partial charge < -0.3 is 10.1 Å². The number of rotatable bonds is 8. The van der Waals surface area contributed by atoms with Crippen LogP contribution in [0.1, 0.15) is 19.9 Å². The molecule has 1 aromatic carbocycles. The van der Waals surface area contributed by atoms with Gasteiger partial charge in [0.1, 0.15) is 15.8 Å². The number of ether oxygens (including phenoxy) is 1. The molecule has 154 valence electrons. The van der Waals surface area contributed by atoms with Crippen molar-refractivity contribution in [1.29, 1.82) is 0 Å². The van der Waals surface area contributed by atoms with Crippen LogP contribution in [0.2, 0.25) is 0 Å². The van der Waals surface area contributed by atoms with E-state index in [4.69, 9.17) is 4.74 Å². The zero-order valence-corrected chi connectivity index (χ0v) is 17.9. The van der Waals surface area contributed by atoms with Crippen LogP contribution in [0.25, 0.3) is 0 Å². The number of sulfonamides is 1. The lowest BCUT2D eigenvalue weighted by Crippen LogP contribution is -2.25. The second kappa shape index (κ2) is 8.66. The Kier molecular flexibility index (Phi) is 6.23. The summed E-state index contributed by atoms with van der Waals surface area (Å²) in [5, 5.41) is 8.64. The van der Waals surface area contributed by atoms with Gasteiger partial charge in [-0.25, -0.2) is 13.1 Å². The van der Waals surface area contributed by atoms with Gasteiger partial charge in [0.25, 0.3) is 15.9 Å². The molecular formula is C19H22N4O4S2. The van der Waals surface area contributed by atoms with Crippen LogP contribution in [0, 0.1) is 0 Å². The fourth-order valence-electron chi connectivity index (χ4n) is 2.59. The summed E-state index contributed by atoms with van der Waals surface area (Å²) in [6, 6.07) is 11.6. The van der Waals surface area contributed by atoms with E-state index < -0.39 is 10.0 Å². The Bertz CT molecular complexity index is 1060. The van der Waals surface area contributed by atoms with Crippen LogP contribution in [-0.2, 0) is 14.8 Å². The number of amides is 1. The van der Waals surface area contributed by atoms with Crippen LogP contribution < -0.4 is 14.4 Å². The average molecular weight is 435 g/mol. The summed E-state index contributed by atoms with van der Waals surface area (Å²) in [7, 11) is -2.09. The van der Waals surface area contributed by atoms with Gasteiger partial charge in [-0.1, -0.05) is 6.07 Å². The highest BCUT2D eigenvalue weighted by Crippen LogP contribution is 2.26. The van der Waals surface area contributed by atoms with E-state index in [-0.39, 0.29) is 22.8 Å². The summed E-state index contributed by atoms with van der Waals surface area (Å²) in [6.07, 6.45) is 1.62. The van der Waals surface area contributed by atoms with Crippen molar-refractivity contribution in [3.05, 3.63) is 54.0 Å². The fourth-order valence-corrected chi connectivity index (χ4v) is 4.95. The third-order valence-corrected chi connectivity index (χ3v) is 7.27. The minimum atomic E-state index is -3.59. The summed E-state index contributed by atoms with van der Waals surface area (Å²) in [4.78, 5) is 12.1. The van der Waals surface area contributed by atoms with Gasteiger partial charge in [-0.3, -0.25) is 9.10 Å². The van der Waals surface area contributed by atoms with Crippen molar-refractivity contribution in [3.8, 4) is 5.75 Å². The van der Waals surface area contributed by atoms with Crippen molar-refractivity contribution >= 4 is 38.8 Å². The first-order valence-corrected chi connectivity index (χ1v) is 11.2. The molecule has 0 unspecified atom stereocenters. The summed E-state index contributed by atoms with van der Waals surface area (Å²) >= 11 is 1.17. The Morgan fingerprint density at radius 2 is 1.97 bits per heavy atom. The van der Waals surface area contributed by atoms with E-state index in [1.54, 1.807) is 58.7 Å². The highest BCUT2D eigenvalue weighted by Gasteiger charge is 2.22. The predicted molar refractivity (Wildman–Crippen MR) is 113 cm³/mol. The minimum absolute atomic E-state index is 0.121. The lowest BCUT2D eigenvalue weighted by molar-refractivity contribution is -0.118. The third-order valence-electron chi connectivity index (χ3n) is 4.11. The maximum Gasteiger partial charge on any atom is 0.273 e. The number of thiophene rings is 1. The van der Waals surface area contributed by atoms with Gasteiger partial charge >= 0.3 is 0 Å². The topological polar surface area (TPSA) is 93.5 Å². The van der Waals surface area contributed by atoms with E-state index in [1.807, 2.05) is 13.8 Å². The first-order chi connectivity index (χ1) is 13.8. The third kappa shape index (κ3) is 4.77. The Morgan fingerprint density at radius 3 is 2.59 bits per heavy atom. The molecule has 0 radical (unpaired) electrons. The second-order valence-electron chi connectivity index (χ2n) is 6.49. The lowest BCUT2D eigenvalue weighted by atomic mass is 10.3. The van der Waals surface area contributed by atoms with Gasteiger partial charge in [-0.2, -0.15) is 5.10 Å². The highest BCUT2D eigenvalue weighted by atomic mass is 32.2. The predicted octanol–water partition coefficient (Wildman–Crippen LogP) is 3.37. The first-order valence-electron chi connectivity index (χ1n) is 8.87. The molecule has 1 amide bonds. The van der Waals surface area contributed by atoms with Crippen molar-refractivity contribution in [1.82, 2.24) is 9.78 Å². The van der Waals surface area contributed by atoms with E-state index in [0.717, 1.165) is 0 Å². The quantitative estimate of drug-likeness (QED) is 0.587. The molecule has 3 aromatic rings. The molecule has 1 N–H and O–H groups in total. The van der Waals surface area contributed by atoms with E-state index >= 15 is 0 Å². The number of carbonyl (C=O) groups is 1. The molecule has 10 heteroatoms. The highest BCUT2D eigenvalue weighted by molar-refractivity contribution is 7.94. The molecule has 0 fully saturated rings. The van der Waals surface area contributed by atoms with Gasteiger partial charge in [0, 0.05) is 19.2 Å². The zero-order chi connectivity index (χ0) is 21.0. The molecule has 29 heavy (non-hydrogen) atoms. The van der Waals surface area contributed by atoms with Gasteiger partial charge in [-0.05, 0) is 49.6 Å². The summed E-state index contributed by atoms with van der Waals surface area (Å²) in [5.74, 6) is 0.751. The number of aromatic nitrogens is 2. The largest absolute Gasteiger partial charge is 0.484 e. The average Bonchev–Trinajstić information content (AvgIpc) is 3.38. The van der Waals surface area contributed by atoms with Crippen molar-refractivity contribution in [2.24, 2.45) is 0 Å². The Balaban J connectivity index is 1.59.